The number of nitrogens with one attached hydrogen (secondary N) is 1. The maximum absolute atomic E-state index is 14.7. The summed E-state index contributed by atoms with van der Waals surface area (Å²) in [5, 5.41) is 33.9. The van der Waals surface area contributed by atoms with Gasteiger partial charge in [-0.2, -0.15) is 0 Å². The van der Waals surface area contributed by atoms with E-state index in [1.165, 1.54) is 11.5 Å². The van der Waals surface area contributed by atoms with Crippen LogP contribution in [0.4, 0.5) is 10.2 Å². The van der Waals surface area contributed by atoms with Gasteiger partial charge in [-0.1, -0.05) is 42.1 Å². The lowest BCUT2D eigenvalue weighted by Gasteiger charge is -2.27. The van der Waals surface area contributed by atoms with Crippen molar-refractivity contribution >= 4 is 41.5 Å². The van der Waals surface area contributed by atoms with Crippen LogP contribution in [0.5, 0.6) is 0 Å². The number of hydrogen-bond donors (Lipinski definition) is 5. The van der Waals surface area contributed by atoms with Crippen LogP contribution in [0.15, 0.2) is 42.9 Å². The normalized spacial score (nSPS) is 24.2. The van der Waals surface area contributed by atoms with Gasteiger partial charge in [0.2, 0.25) is 0 Å². The number of nitrogens with two attached hydrogens (primary N) is 1. The number of fused-ring (bicyclic) bond motifs is 1. The van der Waals surface area contributed by atoms with E-state index in [0.29, 0.717) is 0 Å². The Balaban J connectivity index is 1.46. The van der Waals surface area contributed by atoms with Crippen molar-refractivity contribution in [1.82, 2.24) is 19.6 Å². The lowest BCUT2D eigenvalue weighted by atomic mass is 9.96. The number of carbonyl (C=O) groups is 1. The van der Waals surface area contributed by atoms with Gasteiger partial charge >= 0.3 is 7.75 Å². The average molecular weight is 628 g/mol. The SMILES string of the molecule is CC(C)(CO)C(=O)SCCOP(=O)(NCc1ccccc1)OC[C@H]1O[C@@H](n2cc(F)c3c(N)ncnc32)[C@@](C)(O)C1O. The van der Waals surface area contributed by atoms with Gasteiger partial charge in [-0.15, -0.1) is 0 Å². The van der Waals surface area contributed by atoms with Crippen LogP contribution < -0.4 is 10.8 Å². The average Bonchev–Trinajstić information content (AvgIpc) is 3.42. The summed E-state index contributed by atoms with van der Waals surface area (Å²) in [5.41, 5.74) is 3.76. The molecule has 3 aromatic rings. The lowest BCUT2D eigenvalue weighted by molar-refractivity contribution is -0.119. The lowest BCUT2D eigenvalue weighted by Crippen LogP contribution is -2.44. The molecule has 13 nitrogen and oxygen atoms in total. The first-order chi connectivity index (χ1) is 19.8. The van der Waals surface area contributed by atoms with Crippen molar-refractivity contribution in [3.8, 4) is 0 Å². The van der Waals surface area contributed by atoms with Crippen LogP contribution in [0.1, 0.15) is 32.6 Å². The van der Waals surface area contributed by atoms with E-state index in [9.17, 15) is 29.1 Å². The highest BCUT2D eigenvalue weighted by Crippen LogP contribution is 2.47. The van der Waals surface area contributed by atoms with Gasteiger partial charge in [0.05, 0.1) is 30.6 Å². The summed E-state index contributed by atoms with van der Waals surface area (Å²) >= 11 is 0.930. The summed E-state index contributed by atoms with van der Waals surface area (Å²) in [6, 6.07) is 9.08. The quantitative estimate of drug-likeness (QED) is 0.137. The largest absolute Gasteiger partial charge is 0.405 e. The molecule has 0 amide bonds. The third-order valence-electron chi connectivity index (χ3n) is 6.85. The van der Waals surface area contributed by atoms with Crippen LogP contribution in [0.25, 0.3) is 11.0 Å². The number of aromatic nitrogens is 3. The number of rotatable bonds is 13. The second-order valence-electron chi connectivity index (χ2n) is 10.7. The van der Waals surface area contributed by atoms with E-state index in [2.05, 4.69) is 15.1 Å². The van der Waals surface area contributed by atoms with Gasteiger partial charge in [-0.3, -0.25) is 18.4 Å². The third-order valence-corrected chi connectivity index (χ3v) is 9.60. The Labute approximate surface area is 246 Å². The Morgan fingerprint density at radius 2 is 2.02 bits per heavy atom. The first kappa shape index (κ1) is 32.5. The van der Waals surface area contributed by atoms with Crippen molar-refractivity contribution < 1.29 is 42.9 Å². The van der Waals surface area contributed by atoms with E-state index < -0.39 is 49.6 Å². The Morgan fingerprint density at radius 1 is 1.31 bits per heavy atom. The number of nitrogens with zero attached hydrogens (tertiary/aromatic N) is 3. The zero-order valence-electron chi connectivity index (χ0n) is 23.3. The van der Waals surface area contributed by atoms with E-state index in [1.54, 1.807) is 13.8 Å². The number of nitrogen functional groups attached to an aromatic ring is 1. The molecule has 5 atom stereocenters. The fourth-order valence-corrected chi connectivity index (χ4v) is 6.49. The Kier molecular flexibility index (Phi) is 10.1. The molecule has 0 radical (unpaired) electrons. The van der Waals surface area contributed by atoms with Crippen LogP contribution in [-0.4, -0.2) is 78.4 Å². The van der Waals surface area contributed by atoms with Crippen LogP contribution in [0.3, 0.4) is 0 Å². The Hall–Kier alpha value is -2.46. The molecule has 0 saturated carbocycles. The maximum atomic E-state index is 14.7. The third kappa shape index (κ3) is 7.01. The van der Waals surface area contributed by atoms with E-state index >= 15 is 0 Å². The second-order valence-corrected chi connectivity index (χ2v) is 13.6. The topological polar surface area (TPSA) is 191 Å². The summed E-state index contributed by atoms with van der Waals surface area (Å²) in [5.74, 6) is -0.700. The van der Waals surface area contributed by atoms with E-state index in [4.69, 9.17) is 19.5 Å². The number of benzene rings is 1. The zero-order valence-corrected chi connectivity index (χ0v) is 25.1. The van der Waals surface area contributed by atoms with Crippen molar-refractivity contribution in [2.75, 3.05) is 31.3 Å². The molecule has 0 bridgehead atoms. The van der Waals surface area contributed by atoms with Gasteiger partial charge in [0.15, 0.2) is 22.8 Å². The molecule has 42 heavy (non-hydrogen) atoms. The molecular formula is C26H35FN5O8PS. The molecule has 2 unspecified atom stereocenters. The number of ether oxygens (including phenoxy) is 1. The number of hydrogen-bond acceptors (Lipinski definition) is 12. The monoisotopic (exact) mass is 627 g/mol. The number of thioether (sulfide) groups is 1. The predicted octanol–water partition coefficient (Wildman–Crippen LogP) is 2.37. The standard InChI is InChI=1S/C26H35FN5O8PS/c1-25(2,14-33)24(35)42-10-9-38-41(37,31-11-16-7-5-4-6-8-16)39-13-18-20(34)26(3,36)23(40-18)32-12-17(27)19-21(28)29-15-30-22(19)32/h4-8,12,15,18,20,23,33-34,36H,9-11,13-14H2,1-3H3,(H,31,37)(H2,28,29,30)/t18-,20?,23-,26+,41?/m1/s1. The minimum Gasteiger partial charge on any atom is -0.395 e. The molecule has 3 heterocycles. The smallest absolute Gasteiger partial charge is 0.395 e. The first-order valence-electron chi connectivity index (χ1n) is 13.1. The molecule has 6 N–H and O–H groups in total. The fraction of sp³-hybridized carbons (Fsp3) is 0.500. The molecule has 4 rings (SSSR count). The van der Waals surface area contributed by atoms with Crippen LogP contribution in [0.2, 0.25) is 0 Å². The fourth-order valence-electron chi connectivity index (χ4n) is 4.25. The molecular weight excluding hydrogens is 592 g/mol. The number of aliphatic hydroxyl groups excluding tert-OH is 2. The van der Waals surface area contributed by atoms with E-state index in [0.717, 1.165) is 29.8 Å². The van der Waals surface area contributed by atoms with Gasteiger partial charge in [0, 0.05) is 18.5 Å². The van der Waals surface area contributed by atoms with Gasteiger partial charge in [-0.25, -0.2) is 24.0 Å². The molecule has 230 valence electrons. The molecule has 1 aliphatic heterocycles. The molecule has 1 saturated heterocycles. The second kappa shape index (κ2) is 13.0. The summed E-state index contributed by atoms with van der Waals surface area (Å²) in [7, 11) is -4.05. The number of aliphatic hydroxyl groups is 3. The number of anilines is 1. The number of halogens is 1. The predicted molar refractivity (Wildman–Crippen MR) is 154 cm³/mol. The van der Waals surface area contributed by atoms with Crippen LogP contribution in [-0.2, 0) is 29.7 Å². The van der Waals surface area contributed by atoms with Crippen molar-refractivity contribution in [3.63, 3.8) is 0 Å². The number of carbonyl (C=O) groups excluding carboxylic acids is 1. The van der Waals surface area contributed by atoms with Gasteiger partial charge in [-0.05, 0) is 26.3 Å². The first-order valence-corrected chi connectivity index (χ1v) is 15.6. The molecule has 1 aromatic carbocycles. The highest BCUT2D eigenvalue weighted by molar-refractivity contribution is 8.13. The highest BCUT2D eigenvalue weighted by Gasteiger charge is 2.54. The summed E-state index contributed by atoms with van der Waals surface area (Å²) in [6.45, 7) is 3.71. The Morgan fingerprint density at radius 3 is 2.71 bits per heavy atom. The summed E-state index contributed by atoms with van der Waals surface area (Å²) in [4.78, 5) is 20.1. The minimum atomic E-state index is -4.05. The molecule has 0 spiro atoms. The summed E-state index contributed by atoms with van der Waals surface area (Å²) in [6.07, 6.45) is -1.88. The van der Waals surface area contributed by atoms with Gasteiger partial charge in [0.25, 0.3) is 0 Å². The van der Waals surface area contributed by atoms with Crippen molar-refractivity contribution in [3.05, 3.63) is 54.2 Å². The van der Waals surface area contributed by atoms with Crippen molar-refractivity contribution in [2.45, 2.75) is 51.4 Å². The highest BCUT2D eigenvalue weighted by atomic mass is 32.2. The molecule has 16 heteroatoms. The van der Waals surface area contributed by atoms with Crippen LogP contribution in [0, 0.1) is 11.2 Å². The summed E-state index contributed by atoms with van der Waals surface area (Å²) < 4.78 is 46.7. The zero-order chi connectivity index (χ0) is 30.7. The molecule has 2 aromatic heterocycles. The minimum absolute atomic E-state index is 0.0500. The maximum Gasteiger partial charge on any atom is 0.405 e. The van der Waals surface area contributed by atoms with Gasteiger partial charge in [0.1, 0.15) is 30.0 Å². The van der Waals surface area contributed by atoms with E-state index in [-0.39, 0.29) is 47.5 Å². The Bertz CT molecular complexity index is 1440. The van der Waals surface area contributed by atoms with E-state index in [1.807, 2.05) is 30.3 Å². The molecule has 1 fully saturated rings. The van der Waals surface area contributed by atoms with Crippen molar-refractivity contribution in [2.24, 2.45) is 5.41 Å². The van der Waals surface area contributed by atoms with Gasteiger partial charge < -0.3 is 25.8 Å². The van der Waals surface area contributed by atoms with Crippen molar-refractivity contribution in [1.29, 1.82) is 0 Å². The molecule has 1 aliphatic rings. The van der Waals surface area contributed by atoms with Crippen LogP contribution >= 0.6 is 19.5 Å². The molecule has 0 aliphatic carbocycles.